The quantitative estimate of drug-likeness (QED) is 0.481. The zero-order valence-electron chi connectivity index (χ0n) is 18.2. The van der Waals surface area contributed by atoms with Crippen LogP contribution in [0.3, 0.4) is 0 Å². The predicted molar refractivity (Wildman–Crippen MR) is 123 cm³/mol. The number of carbonyl (C=O) groups is 1. The van der Waals surface area contributed by atoms with Crippen molar-refractivity contribution in [1.82, 2.24) is 24.1 Å². The van der Waals surface area contributed by atoms with Crippen molar-refractivity contribution in [2.45, 2.75) is 13.5 Å². The molecule has 1 fully saturated rings. The van der Waals surface area contributed by atoms with Gasteiger partial charge in [0.1, 0.15) is 18.2 Å². The van der Waals surface area contributed by atoms with Gasteiger partial charge in [0.15, 0.2) is 5.65 Å². The molecule has 2 aromatic heterocycles. The molecule has 0 aliphatic carbocycles. The number of aromatic nitrogens is 4. The summed E-state index contributed by atoms with van der Waals surface area (Å²) in [6, 6.07) is 17.5. The van der Waals surface area contributed by atoms with Crippen LogP contribution in [0.5, 0.6) is 0 Å². The maximum atomic E-state index is 13.2. The van der Waals surface area contributed by atoms with Gasteiger partial charge >= 0.3 is 5.69 Å². The highest BCUT2D eigenvalue weighted by atomic mass is 19.1. The Bertz CT molecular complexity index is 1360. The van der Waals surface area contributed by atoms with Gasteiger partial charge in [-0.15, -0.1) is 5.10 Å². The predicted octanol–water partition coefficient (Wildman–Crippen LogP) is 2.35. The molecule has 2 aromatic carbocycles. The van der Waals surface area contributed by atoms with Crippen molar-refractivity contribution >= 4 is 17.2 Å². The summed E-state index contributed by atoms with van der Waals surface area (Å²) in [6.45, 7) is 4.03. The Hall–Kier alpha value is -4.01. The van der Waals surface area contributed by atoms with E-state index in [0.717, 1.165) is 16.9 Å². The Morgan fingerprint density at radius 3 is 2.39 bits per heavy atom. The topological polar surface area (TPSA) is 75.7 Å². The highest BCUT2D eigenvalue weighted by molar-refractivity contribution is 5.76. The first-order chi connectivity index (χ1) is 16.0. The Morgan fingerprint density at radius 1 is 1.00 bits per heavy atom. The van der Waals surface area contributed by atoms with Crippen molar-refractivity contribution in [3.05, 3.63) is 82.7 Å². The highest BCUT2D eigenvalue weighted by Gasteiger charge is 2.23. The van der Waals surface area contributed by atoms with E-state index in [4.69, 9.17) is 0 Å². The number of aryl methyl sites for hydroxylation is 1. The Morgan fingerprint density at radius 2 is 1.70 bits per heavy atom. The van der Waals surface area contributed by atoms with Crippen LogP contribution >= 0.6 is 0 Å². The number of fused-ring (bicyclic) bond motifs is 1. The van der Waals surface area contributed by atoms with Crippen LogP contribution in [0, 0.1) is 12.7 Å². The van der Waals surface area contributed by atoms with Crippen LogP contribution in [0.1, 0.15) is 5.69 Å². The van der Waals surface area contributed by atoms with Gasteiger partial charge in [0.05, 0.1) is 0 Å². The minimum absolute atomic E-state index is 0.135. The van der Waals surface area contributed by atoms with E-state index >= 15 is 0 Å². The van der Waals surface area contributed by atoms with Crippen LogP contribution in [-0.2, 0) is 11.3 Å². The third-order valence-corrected chi connectivity index (χ3v) is 5.84. The third kappa shape index (κ3) is 4.09. The number of benzene rings is 2. The van der Waals surface area contributed by atoms with Gasteiger partial charge in [0.2, 0.25) is 5.91 Å². The summed E-state index contributed by atoms with van der Waals surface area (Å²) in [6.07, 6.45) is 0. The summed E-state index contributed by atoms with van der Waals surface area (Å²) in [5, 5.41) is 4.40. The fourth-order valence-corrected chi connectivity index (χ4v) is 4.13. The van der Waals surface area contributed by atoms with Gasteiger partial charge in [0, 0.05) is 49.2 Å². The number of amides is 1. The van der Waals surface area contributed by atoms with E-state index in [1.165, 1.54) is 21.2 Å². The summed E-state index contributed by atoms with van der Waals surface area (Å²) in [7, 11) is 0. The molecule has 168 valence electrons. The maximum Gasteiger partial charge on any atom is 0.352 e. The van der Waals surface area contributed by atoms with Crippen LogP contribution in [0.2, 0.25) is 0 Å². The Kier molecular flexibility index (Phi) is 5.37. The largest absolute Gasteiger partial charge is 0.368 e. The van der Waals surface area contributed by atoms with Crippen molar-refractivity contribution < 1.29 is 9.18 Å². The van der Waals surface area contributed by atoms with E-state index in [2.05, 4.69) is 15.0 Å². The van der Waals surface area contributed by atoms with Gasteiger partial charge in [-0.05, 0) is 31.2 Å². The standard InChI is InChI=1S/C24H23FN6O2/c1-17-15-21-27-30(24(33)31(21)23(26-17)18-5-3-2-4-6-18)16-22(32)29-13-11-28(12-14-29)20-9-7-19(25)8-10-20/h2-10,15H,11-14,16H2,1H3. The Labute approximate surface area is 189 Å². The summed E-state index contributed by atoms with van der Waals surface area (Å²) >= 11 is 0. The van der Waals surface area contributed by atoms with Crippen molar-refractivity contribution in [3.63, 3.8) is 0 Å². The average molecular weight is 446 g/mol. The van der Waals surface area contributed by atoms with Gasteiger partial charge < -0.3 is 9.80 Å². The van der Waals surface area contributed by atoms with Crippen molar-refractivity contribution in [3.8, 4) is 11.4 Å². The smallest absolute Gasteiger partial charge is 0.352 e. The number of carbonyl (C=O) groups excluding carboxylic acids is 1. The molecule has 0 N–H and O–H groups in total. The number of anilines is 1. The van der Waals surface area contributed by atoms with Crippen molar-refractivity contribution in [1.29, 1.82) is 0 Å². The van der Waals surface area contributed by atoms with Crippen LogP contribution in [0.4, 0.5) is 10.1 Å². The first kappa shape index (κ1) is 20.9. The zero-order chi connectivity index (χ0) is 22.9. The number of rotatable bonds is 4. The number of hydrogen-bond acceptors (Lipinski definition) is 5. The molecular weight excluding hydrogens is 423 g/mol. The molecule has 33 heavy (non-hydrogen) atoms. The summed E-state index contributed by atoms with van der Waals surface area (Å²) in [4.78, 5) is 34.5. The minimum Gasteiger partial charge on any atom is -0.368 e. The van der Waals surface area contributed by atoms with Gasteiger partial charge in [0.25, 0.3) is 0 Å². The minimum atomic E-state index is -0.394. The molecule has 8 nitrogen and oxygen atoms in total. The summed E-state index contributed by atoms with van der Waals surface area (Å²) in [5.74, 6) is 0.0682. The maximum absolute atomic E-state index is 13.2. The van der Waals surface area contributed by atoms with Gasteiger partial charge in [-0.25, -0.2) is 23.3 Å². The van der Waals surface area contributed by atoms with Gasteiger partial charge in [-0.3, -0.25) is 4.79 Å². The number of piperazine rings is 1. The van der Waals surface area contributed by atoms with Crippen molar-refractivity contribution in [2.24, 2.45) is 0 Å². The third-order valence-electron chi connectivity index (χ3n) is 5.84. The molecule has 0 saturated carbocycles. The highest BCUT2D eigenvalue weighted by Crippen LogP contribution is 2.19. The first-order valence-corrected chi connectivity index (χ1v) is 10.8. The van der Waals surface area contributed by atoms with E-state index in [0.29, 0.717) is 37.7 Å². The van der Waals surface area contributed by atoms with E-state index in [9.17, 15) is 14.0 Å². The molecule has 0 unspecified atom stereocenters. The number of hydrogen-bond donors (Lipinski definition) is 0. The van der Waals surface area contributed by atoms with Crippen LogP contribution < -0.4 is 10.6 Å². The molecule has 5 rings (SSSR count). The van der Waals surface area contributed by atoms with Gasteiger partial charge in [-0.1, -0.05) is 30.3 Å². The molecule has 9 heteroatoms. The van der Waals surface area contributed by atoms with Crippen LogP contribution in [0.25, 0.3) is 17.0 Å². The van der Waals surface area contributed by atoms with Gasteiger partial charge in [-0.2, -0.15) is 0 Å². The second-order valence-corrected chi connectivity index (χ2v) is 8.07. The fourth-order valence-electron chi connectivity index (χ4n) is 4.13. The van der Waals surface area contributed by atoms with E-state index in [-0.39, 0.29) is 18.3 Å². The molecule has 3 heterocycles. The molecule has 0 atom stereocenters. The van der Waals surface area contributed by atoms with Crippen molar-refractivity contribution in [2.75, 3.05) is 31.1 Å². The summed E-state index contributed by atoms with van der Waals surface area (Å²) < 4.78 is 15.8. The Balaban J connectivity index is 1.34. The van der Waals surface area contributed by atoms with E-state index < -0.39 is 5.69 Å². The molecule has 1 saturated heterocycles. The lowest BCUT2D eigenvalue weighted by Gasteiger charge is -2.36. The lowest BCUT2D eigenvalue weighted by molar-refractivity contribution is -0.132. The molecule has 1 amide bonds. The lowest BCUT2D eigenvalue weighted by atomic mass is 10.2. The number of halogens is 1. The molecule has 0 bridgehead atoms. The summed E-state index contributed by atoms with van der Waals surface area (Å²) in [5.41, 5.74) is 2.53. The first-order valence-electron chi connectivity index (χ1n) is 10.8. The van der Waals surface area contributed by atoms with E-state index in [1.807, 2.05) is 37.3 Å². The molecule has 1 aliphatic rings. The van der Waals surface area contributed by atoms with Crippen LogP contribution in [0.15, 0.2) is 65.5 Å². The second kappa shape index (κ2) is 8.50. The molecule has 0 radical (unpaired) electrons. The lowest BCUT2D eigenvalue weighted by Crippen LogP contribution is -2.50. The second-order valence-electron chi connectivity index (χ2n) is 8.07. The normalized spacial score (nSPS) is 14.1. The molecular formula is C24H23FN6O2. The SMILES string of the molecule is Cc1cc2nn(CC(=O)N3CCN(c4ccc(F)cc4)CC3)c(=O)n2c(-c2ccccc2)n1. The molecule has 0 spiro atoms. The molecule has 4 aromatic rings. The zero-order valence-corrected chi connectivity index (χ0v) is 18.2. The average Bonchev–Trinajstić information content (AvgIpc) is 3.14. The van der Waals surface area contributed by atoms with Crippen LogP contribution in [-0.4, -0.2) is 56.2 Å². The fraction of sp³-hybridized carbons (Fsp3) is 0.250. The van der Waals surface area contributed by atoms with E-state index in [1.54, 1.807) is 23.1 Å². The number of nitrogens with zero attached hydrogens (tertiary/aromatic N) is 6. The molecule has 1 aliphatic heterocycles. The monoisotopic (exact) mass is 446 g/mol.